The number of amides is 1. The molecule has 0 spiro atoms. The number of rotatable bonds is 2. The lowest BCUT2D eigenvalue weighted by atomic mass is 9.98. The molecule has 2 aromatic rings. The lowest BCUT2D eigenvalue weighted by Gasteiger charge is -2.33. The third-order valence-electron chi connectivity index (χ3n) is 4.82. The number of fused-ring (bicyclic) bond motifs is 2. The number of likely N-dealkylation sites (tertiary alicyclic amines) is 1. The molecule has 2 saturated heterocycles. The van der Waals surface area contributed by atoms with Crippen molar-refractivity contribution in [2.24, 2.45) is 0 Å². The summed E-state index contributed by atoms with van der Waals surface area (Å²) < 4.78 is 0. The van der Waals surface area contributed by atoms with Gasteiger partial charge in [0.15, 0.2) is 0 Å². The summed E-state index contributed by atoms with van der Waals surface area (Å²) in [6.07, 6.45) is 2.35. The Hall–Kier alpha value is -1.84. The van der Waals surface area contributed by atoms with Crippen LogP contribution in [0.2, 0.25) is 5.02 Å². The van der Waals surface area contributed by atoms with Gasteiger partial charge in [0.2, 0.25) is 0 Å². The van der Waals surface area contributed by atoms with Crippen LogP contribution in [-0.4, -0.2) is 36.0 Å². The fourth-order valence-electron chi connectivity index (χ4n) is 3.68. The van der Waals surface area contributed by atoms with Crippen LogP contribution in [0.1, 0.15) is 23.2 Å². The Kier molecular flexibility index (Phi) is 3.83. The fourth-order valence-corrected chi connectivity index (χ4v) is 3.81. The molecule has 1 N–H and O–H groups in total. The molecule has 0 radical (unpaired) electrons. The van der Waals surface area contributed by atoms with Crippen molar-refractivity contribution >= 4 is 17.5 Å². The first-order valence-electron chi connectivity index (χ1n) is 8.11. The number of halogens is 1. The average Bonchev–Trinajstić information content (AvgIpc) is 2.93. The molecule has 0 aromatic heterocycles. The summed E-state index contributed by atoms with van der Waals surface area (Å²) in [5.74, 6) is 0.133. The van der Waals surface area contributed by atoms with Crippen LogP contribution >= 0.6 is 11.6 Å². The van der Waals surface area contributed by atoms with Crippen molar-refractivity contribution in [1.82, 2.24) is 10.2 Å². The van der Waals surface area contributed by atoms with Gasteiger partial charge in [-0.15, -0.1) is 0 Å². The molecule has 2 bridgehead atoms. The molecule has 2 heterocycles. The van der Waals surface area contributed by atoms with E-state index in [0.717, 1.165) is 29.8 Å². The molecule has 1 amide bonds. The highest BCUT2D eigenvalue weighted by Gasteiger charge is 2.34. The average molecular weight is 327 g/mol. The number of hydrogen-bond acceptors (Lipinski definition) is 2. The molecule has 4 heteroatoms. The Labute approximate surface area is 141 Å². The van der Waals surface area contributed by atoms with Crippen molar-refractivity contribution < 1.29 is 4.79 Å². The smallest absolute Gasteiger partial charge is 0.254 e. The van der Waals surface area contributed by atoms with E-state index in [1.807, 2.05) is 53.4 Å². The second-order valence-corrected chi connectivity index (χ2v) is 6.84. The molecule has 2 atom stereocenters. The van der Waals surface area contributed by atoms with E-state index < -0.39 is 0 Å². The van der Waals surface area contributed by atoms with Crippen LogP contribution in [0.3, 0.4) is 0 Å². The zero-order valence-electron chi connectivity index (χ0n) is 12.8. The number of hydrogen-bond donors (Lipinski definition) is 1. The minimum absolute atomic E-state index is 0.133. The SMILES string of the molecule is O=C(c1ccccc1-c1ccc(Cl)cc1)N1CC2CCC(C1)N2. The Morgan fingerprint density at radius 1 is 1.00 bits per heavy atom. The standard InChI is InChI=1S/C19H19ClN2O/c20-14-7-5-13(6-8-14)17-3-1-2-4-18(17)19(23)22-11-15-9-10-16(12-22)21-15/h1-8,15-16,21H,9-12H2. The van der Waals surface area contributed by atoms with Crippen molar-refractivity contribution in [1.29, 1.82) is 0 Å². The van der Waals surface area contributed by atoms with Crippen LogP contribution in [0.15, 0.2) is 48.5 Å². The molecule has 23 heavy (non-hydrogen) atoms. The maximum atomic E-state index is 13.1. The van der Waals surface area contributed by atoms with E-state index in [-0.39, 0.29) is 5.91 Å². The summed E-state index contributed by atoms with van der Waals surface area (Å²) in [5.41, 5.74) is 2.77. The van der Waals surface area contributed by atoms with Crippen LogP contribution in [0.25, 0.3) is 11.1 Å². The van der Waals surface area contributed by atoms with E-state index in [4.69, 9.17) is 11.6 Å². The van der Waals surface area contributed by atoms with E-state index in [9.17, 15) is 4.79 Å². The minimum atomic E-state index is 0.133. The summed E-state index contributed by atoms with van der Waals surface area (Å²) in [6.45, 7) is 1.62. The van der Waals surface area contributed by atoms with Gasteiger partial charge in [0.05, 0.1) is 0 Å². The number of nitrogens with one attached hydrogen (secondary N) is 1. The highest BCUT2D eigenvalue weighted by atomic mass is 35.5. The molecule has 0 aliphatic carbocycles. The van der Waals surface area contributed by atoms with Gasteiger partial charge in [-0.05, 0) is 42.2 Å². The molecule has 2 aliphatic heterocycles. The summed E-state index contributed by atoms with van der Waals surface area (Å²) in [7, 11) is 0. The topological polar surface area (TPSA) is 32.3 Å². The van der Waals surface area contributed by atoms with E-state index in [2.05, 4.69) is 5.32 Å². The maximum Gasteiger partial charge on any atom is 0.254 e. The highest BCUT2D eigenvalue weighted by molar-refractivity contribution is 6.30. The van der Waals surface area contributed by atoms with Gasteiger partial charge in [-0.1, -0.05) is 41.9 Å². The highest BCUT2D eigenvalue weighted by Crippen LogP contribution is 2.28. The first-order chi connectivity index (χ1) is 11.2. The van der Waals surface area contributed by atoms with Crippen molar-refractivity contribution in [2.45, 2.75) is 24.9 Å². The predicted molar refractivity (Wildman–Crippen MR) is 92.7 cm³/mol. The summed E-state index contributed by atoms with van der Waals surface area (Å²) in [4.78, 5) is 15.1. The third kappa shape index (κ3) is 2.87. The van der Waals surface area contributed by atoms with Gasteiger partial charge in [0.25, 0.3) is 5.91 Å². The molecule has 2 aliphatic rings. The lowest BCUT2D eigenvalue weighted by Crippen LogP contribution is -2.53. The van der Waals surface area contributed by atoms with Crippen LogP contribution in [0.5, 0.6) is 0 Å². The Morgan fingerprint density at radius 3 is 2.35 bits per heavy atom. The Morgan fingerprint density at radius 2 is 1.65 bits per heavy atom. The largest absolute Gasteiger partial charge is 0.336 e. The molecule has 118 valence electrons. The molecular weight excluding hydrogens is 308 g/mol. The molecule has 0 saturated carbocycles. The zero-order chi connectivity index (χ0) is 15.8. The van der Waals surface area contributed by atoms with Crippen LogP contribution in [-0.2, 0) is 0 Å². The summed E-state index contributed by atoms with van der Waals surface area (Å²) in [6, 6.07) is 16.4. The van der Waals surface area contributed by atoms with E-state index in [1.54, 1.807) is 0 Å². The van der Waals surface area contributed by atoms with Crippen molar-refractivity contribution in [2.75, 3.05) is 13.1 Å². The van der Waals surface area contributed by atoms with E-state index in [0.29, 0.717) is 17.1 Å². The minimum Gasteiger partial charge on any atom is -0.336 e. The number of carbonyl (C=O) groups is 1. The predicted octanol–water partition coefficient (Wildman–Crippen LogP) is 3.58. The lowest BCUT2D eigenvalue weighted by molar-refractivity contribution is 0.0698. The van der Waals surface area contributed by atoms with Gasteiger partial charge in [0, 0.05) is 35.8 Å². The Bertz CT molecular complexity index is 716. The quantitative estimate of drug-likeness (QED) is 0.914. The van der Waals surface area contributed by atoms with Crippen molar-refractivity contribution in [3.63, 3.8) is 0 Å². The first kappa shape index (κ1) is 14.7. The first-order valence-corrected chi connectivity index (χ1v) is 8.49. The molecular formula is C19H19ClN2O. The normalized spacial score (nSPS) is 23.1. The third-order valence-corrected chi connectivity index (χ3v) is 5.07. The number of piperazine rings is 1. The fraction of sp³-hybridized carbons (Fsp3) is 0.316. The van der Waals surface area contributed by atoms with Gasteiger partial charge >= 0.3 is 0 Å². The van der Waals surface area contributed by atoms with Crippen molar-refractivity contribution in [3.8, 4) is 11.1 Å². The second kappa shape index (κ2) is 5.99. The van der Waals surface area contributed by atoms with Crippen LogP contribution < -0.4 is 5.32 Å². The van der Waals surface area contributed by atoms with E-state index >= 15 is 0 Å². The summed E-state index contributed by atoms with van der Waals surface area (Å²) in [5, 5.41) is 4.28. The van der Waals surface area contributed by atoms with E-state index in [1.165, 1.54) is 12.8 Å². The zero-order valence-corrected chi connectivity index (χ0v) is 13.6. The van der Waals surface area contributed by atoms with Gasteiger partial charge < -0.3 is 10.2 Å². The van der Waals surface area contributed by atoms with Gasteiger partial charge in [0.1, 0.15) is 0 Å². The number of nitrogens with zero attached hydrogens (tertiary/aromatic N) is 1. The second-order valence-electron chi connectivity index (χ2n) is 6.40. The number of benzene rings is 2. The van der Waals surface area contributed by atoms with Gasteiger partial charge in [-0.25, -0.2) is 0 Å². The molecule has 4 rings (SSSR count). The Balaban J connectivity index is 1.66. The maximum absolute atomic E-state index is 13.1. The molecule has 2 unspecified atom stereocenters. The van der Waals surface area contributed by atoms with Crippen LogP contribution in [0, 0.1) is 0 Å². The number of carbonyl (C=O) groups excluding carboxylic acids is 1. The van der Waals surface area contributed by atoms with Gasteiger partial charge in [-0.3, -0.25) is 4.79 Å². The summed E-state index contributed by atoms with van der Waals surface area (Å²) >= 11 is 5.98. The van der Waals surface area contributed by atoms with Crippen molar-refractivity contribution in [3.05, 3.63) is 59.1 Å². The monoisotopic (exact) mass is 326 g/mol. The molecule has 2 fully saturated rings. The van der Waals surface area contributed by atoms with Crippen LogP contribution in [0.4, 0.5) is 0 Å². The molecule has 3 nitrogen and oxygen atoms in total. The van der Waals surface area contributed by atoms with Gasteiger partial charge in [-0.2, -0.15) is 0 Å². The molecule has 2 aromatic carbocycles.